The van der Waals surface area contributed by atoms with Gasteiger partial charge in [-0.05, 0) is 36.8 Å². The van der Waals surface area contributed by atoms with E-state index in [0.29, 0.717) is 22.0 Å². The van der Waals surface area contributed by atoms with Gasteiger partial charge in [0.05, 0.1) is 29.1 Å². The molecule has 0 fully saturated rings. The molecule has 2 aromatic carbocycles. The highest BCUT2D eigenvalue weighted by Crippen LogP contribution is 2.31. The van der Waals surface area contributed by atoms with E-state index in [1.165, 1.54) is 28.1 Å². The van der Waals surface area contributed by atoms with E-state index in [0.717, 1.165) is 11.3 Å². The number of carbonyl (C=O) groups is 3. The number of amides is 3. The van der Waals surface area contributed by atoms with Gasteiger partial charge in [0, 0.05) is 12.3 Å². The number of rotatable bonds is 4. The summed E-state index contributed by atoms with van der Waals surface area (Å²) in [5, 5.41) is 2.27. The minimum absolute atomic E-state index is 0.0718. The number of imide groups is 1. The molecular formula is C21H17N3O3S. The number of benzene rings is 2. The molecule has 1 aliphatic heterocycles. The zero-order valence-electron chi connectivity index (χ0n) is 15.4. The van der Waals surface area contributed by atoms with Gasteiger partial charge in [0.2, 0.25) is 5.91 Å². The monoisotopic (exact) mass is 391 g/mol. The van der Waals surface area contributed by atoms with Crippen molar-refractivity contribution in [1.82, 2.24) is 9.88 Å². The van der Waals surface area contributed by atoms with Crippen molar-refractivity contribution in [3.05, 3.63) is 76.3 Å². The highest BCUT2D eigenvalue weighted by molar-refractivity contribution is 7.14. The van der Waals surface area contributed by atoms with Crippen molar-refractivity contribution in [1.29, 1.82) is 0 Å². The van der Waals surface area contributed by atoms with Crippen LogP contribution in [0.5, 0.6) is 0 Å². The Morgan fingerprint density at radius 1 is 1.07 bits per heavy atom. The van der Waals surface area contributed by atoms with Crippen molar-refractivity contribution in [2.75, 3.05) is 4.90 Å². The molecule has 3 aromatic rings. The summed E-state index contributed by atoms with van der Waals surface area (Å²) < 4.78 is 0. The molecule has 140 valence electrons. The smallest absolute Gasteiger partial charge is 0.261 e. The van der Waals surface area contributed by atoms with Crippen molar-refractivity contribution in [3.63, 3.8) is 0 Å². The van der Waals surface area contributed by atoms with Gasteiger partial charge in [-0.3, -0.25) is 24.2 Å². The van der Waals surface area contributed by atoms with Crippen LogP contribution in [0.25, 0.3) is 0 Å². The number of aryl methyl sites for hydroxylation is 1. The molecule has 0 saturated heterocycles. The van der Waals surface area contributed by atoms with Crippen LogP contribution in [0.3, 0.4) is 0 Å². The molecule has 0 saturated carbocycles. The van der Waals surface area contributed by atoms with Gasteiger partial charge in [0.1, 0.15) is 0 Å². The fourth-order valence-electron chi connectivity index (χ4n) is 3.21. The van der Waals surface area contributed by atoms with Crippen molar-refractivity contribution in [2.24, 2.45) is 0 Å². The Hall–Kier alpha value is -3.32. The summed E-state index contributed by atoms with van der Waals surface area (Å²) in [5.74, 6) is -0.804. The van der Waals surface area contributed by atoms with Crippen LogP contribution in [0.2, 0.25) is 0 Å². The van der Waals surface area contributed by atoms with Gasteiger partial charge >= 0.3 is 0 Å². The topological polar surface area (TPSA) is 70.6 Å². The maximum absolute atomic E-state index is 12.5. The lowest BCUT2D eigenvalue weighted by molar-refractivity contribution is -0.115. The van der Waals surface area contributed by atoms with E-state index in [1.54, 1.807) is 29.6 Å². The van der Waals surface area contributed by atoms with Gasteiger partial charge in [0.25, 0.3) is 11.8 Å². The fraction of sp³-hybridized carbons (Fsp3) is 0.143. The zero-order valence-corrected chi connectivity index (χ0v) is 16.2. The Balaban J connectivity index is 1.60. The molecule has 0 radical (unpaired) electrons. The lowest BCUT2D eigenvalue weighted by Crippen LogP contribution is -2.29. The summed E-state index contributed by atoms with van der Waals surface area (Å²) in [6.45, 7) is 3.51. The Kier molecular flexibility index (Phi) is 4.52. The third kappa shape index (κ3) is 3.10. The van der Waals surface area contributed by atoms with Crippen LogP contribution in [0, 0.1) is 6.92 Å². The quantitative estimate of drug-likeness (QED) is 0.632. The number of nitrogens with zero attached hydrogens (tertiary/aromatic N) is 3. The third-order valence-corrected chi connectivity index (χ3v) is 5.38. The van der Waals surface area contributed by atoms with Gasteiger partial charge in [-0.1, -0.05) is 24.3 Å². The van der Waals surface area contributed by atoms with Gasteiger partial charge in [-0.15, -0.1) is 11.3 Å². The lowest BCUT2D eigenvalue weighted by Gasteiger charge is -2.18. The first kappa shape index (κ1) is 18.1. The van der Waals surface area contributed by atoms with Crippen LogP contribution < -0.4 is 4.90 Å². The highest BCUT2D eigenvalue weighted by atomic mass is 32.1. The molecule has 0 bridgehead atoms. The molecule has 1 aromatic heterocycles. The summed E-state index contributed by atoms with van der Waals surface area (Å²) in [6, 6.07) is 14.4. The maximum Gasteiger partial charge on any atom is 0.261 e. The molecule has 4 rings (SSSR count). The second-order valence-corrected chi connectivity index (χ2v) is 7.39. The molecule has 0 atom stereocenters. The molecule has 7 heteroatoms. The standard InChI is InChI=1S/C21H17N3O3S/c1-13-6-5-7-16(10-13)24(14(2)25)21-22-15(12-28-21)11-23-19(26)17-8-3-4-9-18(17)20(23)27/h3-10,12H,11H2,1-2H3. The second-order valence-electron chi connectivity index (χ2n) is 6.56. The van der Waals surface area contributed by atoms with Crippen molar-refractivity contribution in [3.8, 4) is 0 Å². The fourth-order valence-corrected chi connectivity index (χ4v) is 4.09. The summed E-state index contributed by atoms with van der Waals surface area (Å²) in [5.41, 5.74) is 3.15. The van der Waals surface area contributed by atoms with Crippen LogP contribution in [-0.2, 0) is 11.3 Å². The van der Waals surface area contributed by atoms with Gasteiger partial charge in [-0.2, -0.15) is 0 Å². The molecular weight excluding hydrogens is 374 g/mol. The molecule has 0 aliphatic carbocycles. The maximum atomic E-state index is 12.5. The number of fused-ring (bicyclic) bond motifs is 1. The predicted molar refractivity (Wildman–Crippen MR) is 107 cm³/mol. The molecule has 3 amide bonds. The molecule has 2 heterocycles. The Labute approximate surface area is 166 Å². The van der Waals surface area contributed by atoms with Crippen molar-refractivity contribution >= 4 is 39.9 Å². The second kappa shape index (κ2) is 7.01. The molecule has 6 nitrogen and oxygen atoms in total. The third-order valence-electron chi connectivity index (χ3n) is 4.50. The van der Waals surface area contributed by atoms with Gasteiger partial charge in [0.15, 0.2) is 5.13 Å². The normalized spacial score (nSPS) is 13.0. The van der Waals surface area contributed by atoms with E-state index in [1.807, 2.05) is 31.2 Å². The van der Waals surface area contributed by atoms with E-state index in [9.17, 15) is 14.4 Å². The first-order valence-electron chi connectivity index (χ1n) is 8.72. The predicted octanol–water partition coefficient (Wildman–Crippen LogP) is 3.93. The van der Waals surface area contributed by atoms with Gasteiger partial charge in [-0.25, -0.2) is 4.98 Å². The molecule has 1 aliphatic rings. The zero-order chi connectivity index (χ0) is 19.8. The van der Waals surface area contributed by atoms with E-state index in [4.69, 9.17) is 0 Å². The van der Waals surface area contributed by atoms with Crippen molar-refractivity contribution in [2.45, 2.75) is 20.4 Å². The Morgan fingerprint density at radius 2 is 1.75 bits per heavy atom. The minimum atomic E-state index is -0.322. The average molecular weight is 391 g/mol. The molecule has 28 heavy (non-hydrogen) atoms. The summed E-state index contributed by atoms with van der Waals surface area (Å²) in [6.07, 6.45) is 0. The lowest BCUT2D eigenvalue weighted by atomic mass is 10.1. The van der Waals surface area contributed by atoms with Gasteiger partial charge < -0.3 is 0 Å². The van der Waals surface area contributed by atoms with Crippen molar-refractivity contribution < 1.29 is 14.4 Å². The number of hydrogen-bond acceptors (Lipinski definition) is 5. The number of aromatic nitrogens is 1. The number of thiazole rings is 1. The first-order valence-corrected chi connectivity index (χ1v) is 9.60. The van der Waals surface area contributed by atoms with E-state index in [-0.39, 0.29) is 24.3 Å². The van der Waals surface area contributed by atoms with Crippen LogP contribution in [0.1, 0.15) is 38.9 Å². The highest BCUT2D eigenvalue weighted by Gasteiger charge is 2.35. The average Bonchev–Trinajstić information content (AvgIpc) is 3.21. The summed E-state index contributed by atoms with van der Waals surface area (Å²) in [7, 11) is 0. The Morgan fingerprint density at radius 3 is 2.36 bits per heavy atom. The molecule has 0 unspecified atom stereocenters. The Bertz CT molecular complexity index is 1070. The first-order chi connectivity index (χ1) is 13.5. The largest absolute Gasteiger partial charge is 0.274 e. The van der Waals surface area contributed by atoms with E-state index >= 15 is 0 Å². The van der Waals surface area contributed by atoms with Crippen LogP contribution in [0.15, 0.2) is 53.9 Å². The van der Waals surface area contributed by atoms with E-state index < -0.39 is 0 Å². The summed E-state index contributed by atoms with van der Waals surface area (Å²) in [4.78, 5) is 44.5. The number of anilines is 2. The number of hydrogen-bond donors (Lipinski definition) is 0. The SMILES string of the molecule is CC(=O)N(c1cccc(C)c1)c1nc(CN2C(=O)c3ccccc3C2=O)cs1. The minimum Gasteiger partial charge on any atom is -0.274 e. The number of carbonyl (C=O) groups excluding carboxylic acids is 3. The van der Waals surface area contributed by atoms with Crippen LogP contribution >= 0.6 is 11.3 Å². The van der Waals surface area contributed by atoms with Crippen LogP contribution in [-0.4, -0.2) is 27.6 Å². The molecule has 0 N–H and O–H groups in total. The van der Waals surface area contributed by atoms with E-state index in [2.05, 4.69) is 4.98 Å². The molecule has 0 spiro atoms. The van der Waals surface area contributed by atoms with Crippen LogP contribution in [0.4, 0.5) is 10.8 Å². The summed E-state index contributed by atoms with van der Waals surface area (Å²) >= 11 is 1.30.